The van der Waals surface area contributed by atoms with Gasteiger partial charge in [-0.15, -0.1) is 0 Å². The zero-order valence-electron chi connectivity index (χ0n) is 19.7. The average Bonchev–Trinajstić information content (AvgIpc) is 3.27. The number of benzene rings is 2. The number of nitrogens with zero attached hydrogens (tertiary/aromatic N) is 3. The minimum Gasteiger partial charge on any atom is -0.420 e. The molecule has 1 saturated heterocycles. The number of halogens is 4. The van der Waals surface area contributed by atoms with E-state index in [1.54, 1.807) is 18.2 Å². The fraction of sp³-hybridized carbons (Fsp3) is 0.280. The van der Waals surface area contributed by atoms with Crippen LogP contribution in [-0.2, 0) is 11.3 Å². The number of carbonyl (C=O) groups excluding carboxylic acids is 2. The summed E-state index contributed by atoms with van der Waals surface area (Å²) in [6.07, 6.45) is -1.19. The summed E-state index contributed by atoms with van der Waals surface area (Å²) in [6.45, 7) is 2.03. The number of amides is 1. The first-order valence-electron chi connectivity index (χ1n) is 11.3. The lowest BCUT2D eigenvalue weighted by Gasteiger charge is -2.14. The Bertz CT molecular complexity index is 1290. The van der Waals surface area contributed by atoms with Crippen LogP contribution >= 0.6 is 11.6 Å². The van der Waals surface area contributed by atoms with Gasteiger partial charge in [0.25, 0.3) is 5.91 Å². The number of anilines is 1. The van der Waals surface area contributed by atoms with Crippen LogP contribution in [0.15, 0.2) is 54.9 Å². The first-order chi connectivity index (χ1) is 17.6. The van der Waals surface area contributed by atoms with Gasteiger partial charge in [0.05, 0.1) is 18.1 Å². The number of nitrogens with one attached hydrogen (secondary N) is 2. The van der Waals surface area contributed by atoms with Crippen molar-refractivity contribution in [1.82, 2.24) is 20.2 Å². The molecule has 1 atom stereocenters. The molecule has 0 aliphatic carbocycles. The maximum Gasteiger partial charge on any atom is 0.491 e. The van der Waals surface area contributed by atoms with Crippen LogP contribution in [0.25, 0.3) is 11.3 Å². The number of rotatable bonds is 7. The van der Waals surface area contributed by atoms with Crippen molar-refractivity contribution in [1.29, 1.82) is 0 Å². The van der Waals surface area contributed by atoms with E-state index in [4.69, 9.17) is 11.6 Å². The Balaban J connectivity index is 1.40. The van der Waals surface area contributed by atoms with Gasteiger partial charge in [-0.25, -0.2) is 9.78 Å². The molecule has 0 bridgehead atoms. The zero-order valence-corrected chi connectivity index (χ0v) is 20.4. The van der Waals surface area contributed by atoms with E-state index in [1.165, 1.54) is 36.7 Å². The van der Waals surface area contributed by atoms with Crippen LogP contribution in [0.3, 0.4) is 0 Å². The summed E-state index contributed by atoms with van der Waals surface area (Å²) in [6, 6.07) is 10.6. The summed E-state index contributed by atoms with van der Waals surface area (Å²) in [5.41, 5.74) is 2.19. The molecule has 0 spiro atoms. The molecule has 194 valence electrons. The van der Waals surface area contributed by atoms with Gasteiger partial charge >= 0.3 is 12.1 Å². The molecular weight excluding hydrogens is 511 g/mol. The maximum atomic E-state index is 12.7. The maximum absolute atomic E-state index is 12.7. The predicted octanol–water partition coefficient (Wildman–Crippen LogP) is 4.31. The number of hydrogen-bond acceptors (Lipinski definition) is 7. The largest absolute Gasteiger partial charge is 0.491 e. The van der Waals surface area contributed by atoms with E-state index in [2.05, 4.69) is 30.2 Å². The molecule has 1 fully saturated rings. The molecule has 0 saturated carbocycles. The second-order valence-electron chi connectivity index (χ2n) is 8.58. The molecule has 4 rings (SSSR count). The molecule has 2 heterocycles. The zero-order chi connectivity index (χ0) is 26.6. The minimum atomic E-state index is -5.08. The molecule has 2 N–H and O–H groups in total. The molecule has 1 unspecified atom stereocenters. The van der Waals surface area contributed by atoms with Gasteiger partial charge in [0.15, 0.2) is 0 Å². The van der Waals surface area contributed by atoms with Gasteiger partial charge in [0.1, 0.15) is 11.6 Å². The van der Waals surface area contributed by atoms with Crippen molar-refractivity contribution in [3.8, 4) is 17.0 Å². The Morgan fingerprint density at radius 1 is 1.16 bits per heavy atom. The van der Waals surface area contributed by atoms with Crippen LogP contribution in [0, 0.1) is 0 Å². The summed E-state index contributed by atoms with van der Waals surface area (Å²) < 4.78 is 41.4. The van der Waals surface area contributed by atoms with E-state index in [0.717, 1.165) is 19.5 Å². The highest BCUT2D eigenvalue weighted by Gasteiger charge is 2.41. The van der Waals surface area contributed by atoms with Crippen molar-refractivity contribution >= 4 is 29.3 Å². The lowest BCUT2D eigenvalue weighted by atomic mass is 10.1. The molecule has 12 heteroatoms. The van der Waals surface area contributed by atoms with E-state index >= 15 is 0 Å². The van der Waals surface area contributed by atoms with Crippen molar-refractivity contribution in [3.63, 3.8) is 0 Å². The molecule has 8 nitrogen and oxygen atoms in total. The minimum absolute atomic E-state index is 0.110. The molecule has 1 amide bonds. The van der Waals surface area contributed by atoms with Gasteiger partial charge in [-0.3, -0.25) is 9.78 Å². The Hall–Kier alpha value is -3.70. The standard InChI is InChI=1S/C25H23ClF3N5O3/c1-34-9-8-18(14-34)32-23(35)16-4-7-20(26)17(10-16)11-31-22-13-30-12-21(33-22)15-2-5-19(6-3-15)37-24(36)25(27,28)29/h2-7,10,12-13,18H,8-9,11,14H2,1H3,(H,31,33)(H,32,35). The monoisotopic (exact) mass is 533 g/mol. The fourth-order valence-corrected chi connectivity index (χ4v) is 3.99. The van der Waals surface area contributed by atoms with Crippen LogP contribution in [0.5, 0.6) is 5.75 Å². The average molecular weight is 534 g/mol. The third-order valence-corrected chi connectivity index (χ3v) is 6.09. The van der Waals surface area contributed by atoms with Crippen molar-refractivity contribution in [2.45, 2.75) is 25.2 Å². The van der Waals surface area contributed by atoms with Crippen LogP contribution in [0.2, 0.25) is 5.02 Å². The quantitative estimate of drug-likeness (QED) is 0.345. The summed E-state index contributed by atoms with van der Waals surface area (Å²) in [4.78, 5) is 34.4. The summed E-state index contributed by atoms with van der Waals surface area (Å²) >= 11 is 6.34. The normalized spacial score (nSPS) is 15.9. The Kier molecular flexibility index (Phi) is 7.94. The van der Waals surface area contributed by atoms with Gasteiger partial charge in [-0.1, -0.05) is 11.6 Å². The van der Waals surface area contributed by atoms with E-state index in [0.29, 0.717) is 33.2 Å². The highest BCUT2D eigenvalue weighted by Crippen LogP contribution is 2.25. The van der Waals surface area contributed by atoms with Gasteiger partial charge in [0, 0.05) is 35.3 Å². The lowest BCUT2D eigenvalue weighted by Crippen LogP contribution is -2.36. The van der Waals surface area contributed by atoms with Crippen molar-refractivity contribution in [2.24, 2.45) is 0 Å². The number of carbonyl (C=O) groups is 2. The first kappa shape index (κ1) is 26.4. The highest BCUT2D eigenvalue weighted by molar-refractivity contribution is 6.31. The molecule has 3 aromatic rings. The Labute approximate surface area is 215 Å². The van der Waals surface area contributed by atoms with E-state index in [-0.39, 0.29) is 24.2 Å². The van der Waals surface area contributed by atoms with Crippen LogP contribution in [-0.4, -0.2) is 59.1 Å². The second kappa shape index (κ2) is 11.1. The fourth-order valence-electron chi connectivity index (χ4n) is 3.81. The number of alkyl halides is 3. The molecular formula is C25H23ClF3N5O3. The number of aromatic nitrogens is 2. The van der Waals surface area contributed by atoms with E-state index < -0.39 is 12.1 Å². The second-order valence-corrected chi connectivity index (χ2v) is 8.99. The van der Waals surface area contributed by atoms with Gasteiger partial charge in [-0.2, -0.15) is 13.2 Å². The lowest BCUT2D eigenvalue weighted by molar-refractivity contribution is -0.189. The third-order valence-electron chi connectivity index (χ3n) is 5.72. The molecule has 1 aliphatic rings. The van der Waals surface area contributed by atoms with Crippen LogP contribution < -0.4 is 15.4 Å². The van der Waals surface area contributed by atoms with Crippen molar-refractivity contribution in [2.75, 3.05) is 25.5 Å². The third kappa shape index (κ3) is 6.95. The van der Waals surface area contributed by atoms with Crippen molar-refractivity contribution < 1.29 is 27.5 Å². The Morgan fingerprint density at radius 2 is 1.92 bits per heavy atom. The number of hydrogen-bond donors (Lipinski definition) is 2. The van der Waals surface area contributed by atoms with Crippen LogP contribution in [0.4, 0.5) is 19.0 Å². The molecule has 0 radical (unpaired) electrons. The molecule has 1 aliphatic heterocycles. The van der Waals surface area contributed by atoms with Gasteiger partial charge in [-0.05, 0) is 68.0 Å². The van der Waals surface area contributed by atoms with E-state index in [1.807, 2.05) is 7.05 Å². The Morgan fingerprint density at radius 3 is 2.59 bits per heavy atom. The van der Waals surface area contributed by atoms with Gasteiger partial charge < -0.3 is 20.3 Å². The number of likely N-dealkylation sites (tertiary alicyclic amines) is 1. The van der Waals surface area contributed by atoms with Crippen molar-refractivity contribution in [3.05, 3.63) is 71.0 Å². The molecule has 1 aromatic heterocycles. The topological polar surface area (TPSA) is 96.5 Å². The smallest absolute Gasteiger partial charge is 0.420 e. The first-order valence-corrected chi connectivity index (χ1v) is 11.7. The number of ether oxygens (including phenoxy) is 1. The molecule has 2 aromatic carbocycles. The van der Waals surface area contributed by atoms with E-state index in [9.17, 15) is 22.8 Å². The van der Waals surface area contributed by atoms with Crippen LogP contribution in [0.1, 0.15) is 22.3 Å². The number of likely N-dealkylation sites (N-methyl/N-ethyl adjacent to an activating group) is 1. The summed E-state index contributed by atoms with van der Waals surface area (Å²) in [5, 5.41) is 6.65. The van der Waals surface area contributed by atoms with Gasteiger partial charge in [0.2, 0.25) is 0 Å². The SMILES string of the molecule is CN1CCC(NC(=O)c2ccc(Cl)c(CNc3cncc(-c4ccc(OC(=O)C(F)(F)F)cc4)n3)c2)C1. The summed E-state index contributed by atoms with van der Waals surface area (Å²) in [7, 11) is 2.01. The number of esters is 1. The predicted molar refractivity (Wildman–Crippen MR) is 131 cm³/mol. The summed E-state index contributed by atoms with van der Waals surface area (Å²) in [5.74, 6) is -2.28. The highest BCUT2D eigenvalue weighted by atomic mass is 35.5. The molecule has 37 heavy (non-hydrogen) atoms.